The van der Waals surface area contributed by atoms with Gasteiger partial charge in [-0.3, -0.25) is 9.52 Å². The highest BCUT2D eigenvalue weighted by molar-refractivity contribution is 7.92. The molecule has 13 heteroatoms. The van der Waals surface area contributed by atoms with Crippen molar-refractivity contribution in [3.8, 4) is 11.5 Å². The van der Waals surface area contributed by atoms with Gasteiger partial charge < -0.3 is 14.8 Å². The molecule has 3 aromatic carbocycles. The number of carbonyl (C=O) groups excluding carboxylic acids is 1. The molecule has 0 atom stereocenters. The molecule has 0 aliphatic carbocycles. The first-order chi connectivity index (χ1) is 16.4. The van der Waals surface area contributed by atoms with Crippen LogP contribution in [0.3, 0.4) is 0 Å². The Bertz CT molecular complexity index is 1330. The fraction of sp³-hybridized carbons (Fsp3) is 0.136. The van der Waals surface area contributed by atoms with Crippen LogP contribution in [-0.2, 0) is 21.0 Å². The number of nitrogens with one attached hydrogen (secondary N) is 2. The lowest BCUT2D eigenvalue weighted by atomic mass is 10.2. The molecule has 0 bridgehead atoms. The number of halogens is 5. The summed E-state index contributed by atoms with van der Waals surface area (Å²) in [5, 5.41) is 2.39. The predicted octanol–water partition coefficient (Wildman–Crippen LogP) is 5.84. The van der Waals surface area contributed by atoms with Crippen LogP contribution in [0, 0.1) is 0 Å². The minimum absolute atomic E-state index is 0.0773. The second kappa shape index (κ2) is 10.6. The first-order valence-corrected chi connectivity index (χ1v) is 11.9. The van der Waals surface area contributed by atoms with Gasteiger partial charge in [0.25, 0.3) is 15.9 Å². The summed E-state index contributed by atoms with van der Waals surface area (Å²) < 4.78 is 76.4. The number of hydrogen-bond acceptors (Lipinski definition) is 5. The van der Waals surface area contributed by atoms with Crippen LogP contribution in [0.2, 0.25) is 10.0 Å². The zero-order valence-electron chi connectivity index (χ0n) is 17.8. The zero-order valence-corrected chi connectivity index (χ0v) is 20.1. The van der Waals surface area contributed by atoms with Crippen molar-refractivity contribution in [2.75, 3.05) is 23.8 Å². The molecule has 1 amide bonds. The molecule has 0 heterocycles. The van der Waals surface area contributed by atoms with E-state index in [9.17, 15) is 26.4 Å². The lowest BCUT2D eigenvalue weighted by molar-refractivity contribution is -0.137. The van der Waals surface area contributed by atoms with Crippen LogP contribution in [0.15, 0.2) is 65.6 Å². The normalized spacial score (nSPS) is 11.6. The van der Waals surface area contributed by atoms with E-state index in [1.165, 1.54) is 49.6 Å². The van der Waals surface area contributed by atoms with Crippen LogP contribution in [0.4, 0.5) is 24.5 Å². The zero-order chi connectivity index (χ0) is 25.8. The highest BCUT2D eigenvalue weighted by Crippen LogP contribution is 2.34. The van der Waals surface area contributed by atoms with Crippen LogP contribution in [0.5, 0.6) is 11.5 Å². The van der Waals surface area contributed by atoms with Crippen molar-refractivity contribution in [1.82, 2.24) is 0 Å². The third-order valence-electron chi connectivity index (χ3n) is 4.48. The highest BCUT2D eigenvalue weighted by atomic mass is 35.5. The second-order valence-electron chi connectivity index (χ2n) is 6.96. The maximum absolute atomic E-state index is 12.9. The third-order valence-corrected chi connectivity index (χ3v) is 6.50. The average Bonchev–Trinajstić information content (AvgIpc) is 2.78. The Hall–Kier alpha value is -3.15. The Morgan fingerprint density at radius 2 is 1.66 bits per heavy atom. The van der Waals surface area contributed by atoms with Crippen molar-refractivity contribution in [3.05, 3.63) is 76.3 Å². The number of ether oxygens (including phenoxy) is 2. The number of rotatable bonds is 8. The molecule has 0 radical (unpaired) electrons. The summed E-state index contributed by atoms with van der Waals surface area (Å²) in [4.78, 5) is 12.0. The summed E-state index contributed by atoms with van der Waals surface area (Å²) in [6.07, 6.45) is -4.60. The Balaban J connectivity index is 1.61. The van der Waals surface area contributed by atoms with Gasteiger partial charge in [0.2, 0.25) is 0 Å². The quantitative estimate of drug-likeness (QED) is 0.369. The van der Waals surface area contributed by atoms with Crippen LogP contribution >= 0.6 is 23.2 Å². The molecule has 0 saturated heterocycles. The van der Waals surface area contributed by atoms with E-state index in [1.807, 2.05) is 0 Å². The van der Waals surface area contributed by atoms with Gasteiger partial charge in [0, 0.05) is 0 Å². The largest absolute Gasteiger partial charge is 0.495 e. The Labute approximate surface area is 208 Å². The van der Waals surface area contributed by atoms with E-state index in [2.05, 4.69) is 10.0 Å². The maximum atomic E-state index is 12.9. The number of anilines is 2. The molecule has 0 fully saturated rings. The lowest BCUT2D eigenvalue weighted by Gasteiger charge is -2.12. The van der Waals surface area contributed by atoms with Gasteiger partial charge in [0.1, 0.15) is 11.5 Å². The summed E-state index contributed by atoms with van der Waals surface area (Å²) in [5.41, 5.74) is -0.970. The smallest absolute Gasteiger partial charge is 0.416 e. The minimum atomic E-state index is -4.60. The van der Waals surface area contributed by atoms with Gasteiger partial charge >= 0.3 is 6.18 Å². The summed E-state index contributed by atoms with van der Waals surface area (Å²) in [6, 6.07) is 12.1. The molecule has 3 rings (SSSR count). The van der Waals surface area contributed by atoms with Crippen molar-refractivity contribution in [2.45, 2.75) is 11.1 Å². The van der Waals surface area contributed by atoms with Crippen LogP contribution in [-0.4, -0.2) is 28.0 Å². The standard InChI is InChI=1S/C22H17Cl2F3N2O5S/c1-33-20-9-3-14(11-18(20)24)29-35(31,32)16-6-4-15(5-7-16)34-12-21(30)28-19-10-13(22(25,26)27)2-8-17(19)23/h2-11,29H,12H2,1H3,(H,28,30). The molecule has 0 saturated carbocycles. The Morgan fingerprint density at radius 3 is 2.26 bits per heavy atom. The van der Waals surface area contributed by atoms with Gasteiger partial charge in [-0.1, -0.05) is 23.2 Å². The van der Waals surface area contributed by atoms with E-state index in [4.69, 9.17) is 32.7 Å². The second-order valence-corrected chi connectivity index (χ2v) is 9.45. The number of amides is 1. The van der Waals surface area contributed by atoms with Crippen molar-refractivity contribution in [2.24, 2.45) is 0 Å². The maximum Gasteiger partial charge on any atom is 0.416 e. The summed E-state index contributed by atoms with van der Waals surface area (Å²) in [7, 11) is -2.52. The Kier molecular flexibility index (Phi) is 8.04. The van der Waals surface area contributed by atoms with Gasteiger partial charge in [-0.25, -0.2) is 8.42 Å². The topological polar surface area (TPSA) is 93.7 Å². The molecule has 0 spiro atoms. The third kappa shape index (κ3) is 6.93. The summed E-state index contributed by atoms with van der Waals surface area (Å²) in [6.45, 7) is -0.554. The van der Waals surface area contributed by atoms with Crippen molar-refractivity contribution < 1.29 is 35.9 Å². The molecule has 2 N–H and O–H groups in total. The Morgan fingerprint density at radius 1 is 0.971 bits per heavy atom. The van der Waals surface area contributed by atoms with Crippen LogP contribution < -0.4 is 19.5 Å². The van der Waals surface area contributed by atoms with E-state index in [0.29, 0.717) is 11.8 Å². The molecule has 0 aliphatic rings. The minimum Gasteiger partial charge on any atom is -0.495 e. The molecular formula is C22H17Cl2F3N2O5S. The van der Waals surface area contributed by atoms with E-state index in [-0.39, 0.29) is 32.1 Å². The number of methoxy groups -OCH3 is 1. The first kappa shape index (κ1) is 26.5. The van der Waals surface area contributed by atoms with Gasteiger partial charge in [-0.2, -0.15) is 13.2 Å². The number of sulfonamides is 1. The van der Waals surface area contributed by atoms with E-state index in [0.717, 1.165) is 12.1 Å². The molecule has 7 nitrogen and oxygen atoms in total. The van der Waals surface area contributed by atoms with E-state index in [1.54, 1.807) is 0 Å². The lowest BCUT2D eigenvalue weighted by Crippen LogP contribution is -2.21. The fourth-order valence-electron chi connectivity index (χ4n) is 2.79. The average molecular weight is 549 g/mol. The molecule has 0 aliphatic heterocycles. The van der Waals surface area contributed by atoms with Crippen molar-refractivity contribution >= 4 is 50.5 Å². The number of alkyl halides is 3. The fourth-order valence-corrected chi connectivity index (χ4v) is 4.26. The van der Waals surface area contributed by atoms with Crippen molar-refractivity contribution in [1.29, 1.82) is 0 Å². The predicted molar refractivity (Wildman–Crippen MR) is 126 cm³/mol. The van der Waals surface area contributed by atoms with Crippen molar-refractivity contribution in [3.63, 3.8) is 0 Å². The number of benzene rings is 3. The van der Waals surface area contributed by atoms with Gasteiger partial charge in [-0.15, -0.1) is 0 Å². The van der Waals surface area contributed by atoms with Crippen LogP contribution in [0.1, 0.15) is 5.56 Å². The summed E-state index contributed by atoms with van der Waals surface area (Å²) in [5.74, 6) is -0.224. The van der Waals surface area contributed by atoms with Gasteiger partial charge in [0.05, 0.1) is 39.0 Å². The van der Waals surface area contributed by atoms with Crippen LogP contribution in [0.25, 0.3) is 0 Å². The molecule has 0 aromatic heterocycles. The molecule has 35 heavy (non-hydrogen) atoms. The number of carbonyl (C=O) groups is 1. The first-order valence-electron chi connectivity index (χ1n) is 9.65. The monoisotopic (exact) mass is 548 g/mol. The molecule has 0 unspecified atom stereocenters. The van der Waals surface area contributed by atoms with E-state index < -0.39 is 34.3 Å². The molecular weight excluding hydrogens is 532 g/mol. The van der Waals surface area contributed by atoms with Gasteiger partial charge in [0.15, 0.2) is 6.61 Å². The molecule has 3 aromatic rings. The SMILES string of the molecule is COc1ccc(NS(=O)(=O)c2ccc(OCC(=O)Nc3cc(C(F)(F)F)ccc3Cl)cc2)cc1Cl. The summed E-state index contributed by atoms with van der Waals surface area (Å²) >= 11 is 11.9. The number of hydrogen-bond donors (Lipinski definition) is 2. The van der Waals surface area contributed by atoms with E-state index >= 15 is 0 Å². The van der Waals surface area contributed by atoms with Gasteiger partial charge in [-0.05, 0) is 60.7 Å². The molecule has 186 valence electrons. The highest BCUT2D eigenvalue weighted by Gasteiger charge is 2.31.